The van der Waals surface area contributed by atoms with Crippen LogP contribution in [-0.2, 0) is 14.9 Å². The number of nitrogens with zero attached hydrogens (tertiary/aromatic N) is 3. The van der Waals surface area contributed by atoms with Crippen molar-refractivity contribution in [3.8, 4) is 0 Å². The Morgan fingerprint density at radius 2 is 2.06 bits per heavy atom. The third-order valence-corrected chi connectivity index (χ3v) is 6.57. The Morgan fingerprint density at radius 3 is 2.71 bits per heavy atom. The largest absolute Gasteiger partial charge is 0.361 e. The number of aryl methyl sites for hydroxylation is 1. The number of benzene rings is 1. The van der Waals surface area contributed by atoms with E-state index in [0.29, 0.717) is 35.4 Å². The average molecular weight is 507 g/mol. The van der Waals surface area contributed by atoms with Gasteiger partial charge in [-0.3, -0.25) is 18.9 Å². The summed E-state index contributed by atoms with van der Waals surface area (Å²) in [5.41, 5.74) is 5.65. The molecule has 10 nitrogen and oxygen atoms in total. The van der Waals surface area contributed by atoms with Crippen LogP contribution in [0.4, 0.5) is 22.9 Å². The number of amides is 1. The number of allylic oxidation sites excluding steroid dienone is 1. The third-order valence-electron chi connectivity index (χ3n) is 4.56. The van der Waals surface area contributed by atoms with Crippen molar-refractivity contribution in [3.63, 3.8) is 0 Å². The predicted molar refractivity (Wildman–Crippen MR) is 140 cm³/mol. The Kier molecular flexibility index (Phi) is 9.90. The van der Waals surface area contributed by atoms with Crippen molar-refractivity contribution in [3.05, 3.63) is 52.7 Å². The minimum Gasteiger partial charge on any atom is -0.361 e. The van der Waals surface area contributed by atoms with E-state index in [-0.39, 0.29) is 5.56 Å². The van der Waals surface area contributed by atoms with Gasteiger partial charge in [-0.25, -0.2) is 18.9 Å². The number of hydroxylamine groups is 1. The highest BCUT2D eigenvalue weighted by Gasteiger charge is 2.19. The minimum atomic E-state index is -3.51. The molecule has 2 aromatic rings. The summed E-state index contributed by atoms with van der Waals surface area (Å²) in [6.45, 7) is 9.24. The van der Waals surface area contributed by atoms with Gasteiger partial charge >= 0.3 is 0 Å². The van der Waals surface area contributed by atoms with Crippen molar-refractivity contribution in [1.82, 2.24) is 10.5 Å². The molecule has 0 aliphatic rings. The number of rotatable bonds is 12. The molecule has 0 saturated heterocycles. The van der Waals surface area contributed by atoms with Crippen LogP contribution >= 0.6 is 11.8 Å². The highest BCUT2D eigenvalue weighted by molar-refractivity contribution is 8.02. The monoisotopic (exact) mass is 506 g/mol. The first-order valence-electron chi connectivity index (χ1n) is 10.3. The van der Waals surface area contributed by atoms with Crippen molar-refractivity contribution in [2.24, 2.45) is 4.99 Å². The van der Waals surface area contributed by atoms with Gasteiger partial charge in [0.2, 0.25) is 10.0 Å². The predicted octanol–water partition coefficient (Wildman–Crippen LogP) is 3.88. The number of carbonyl (C=O) groups is 1. The first-order valence-corrected chi connectivity index (χ1v) is 13.2. The number of aliphatic imine (C=N–C) groups is 1. The second-order valence-electron chi connectivity index (χ2n) is 7.26. The van der Waals surface area contributed by atoms with Gasteiger partial charge in [0.05, 0.1) is 41.4 Å². The molecule has 0 aliphatic heterocycles. The van der Waals surface area contributed by atoms with Gasteiger partial charge in [-0.1, -0.05) is 6.07 Å². The van der Waals surface area contributed by atoms with E-state index in [4.69, 9.17) is 4.84 Å². The number of anilines is 4. The Bertz CT molecular complexity index is 1170. The summed E-state index contributed by atoms with van der Waals surface area (Å²) in [5.74, 6) is 0.542. The molecule has 1 aromatic heterocycles. The molecule has 1 heterocycles. The fourth-order valence-electron chi connectivity index (χ4n) is 2.68. The maximum Gasteiger partial charge on any atom is 0.278 e. The Balaban J connectivity index is 2.42. The van der Waals surface area contributed by atoms with Crippen LogP contribution in [0.5, 0.6) is 0 Å². The first kappa shape index (κ1) is 27.2. The summed E-state index contributed by atoms with van der Waals surface area (Å²) < 4.78 is 25.6. The SMILES string of the molecule is C=N/C(C)=C\SCNc1cc(Nc2ccc(C)cc2N(C)S(C)(=O)=O)c(C(=O)NOCC)cn1. The van der Waals surface area contributed by atoms with Crippen molar-refractivity contribution in [2.75, 3.05) is 40.7 Å². The van der Waals surface area contributed by atoms with Gasteiger partial charge in [0.25, 0.3) is 5.91 Å². The van der Waals surface area contributed by atoms with Crippen LogP contribution in [0.1, 0.15) is 29.8 Å². The lowest BCUT2D eigenvalue weighted by Crippen LogP contribution is -2.26. The number of nitrogens with one attached hydrogen (secondary N) is 3. The van der Waals surface area contributed by atoms with Gasteiger partial charge in [0.1, 0.15) is 5.82 Å². The molecule has 0 radical (unpaired) electrons. The van der Waals surface area contributed by atoms with Gasteiger partial charge in [0.15, 0.2) is 0 Å². The Labute approximate surface area is 204 Å². The lowest BCUT2D eigenvalue weighted by molar-refractivity contribution is 0.0365. The summed E-state index contributed by atoms with van der Waals surface area (Å²) in [4.78, 5) is 25.8. The average Bonchev–Trinajstić information content (AvgIpc) is 2.80. The highest BCUT2D eigenvalue weighted by Crippen LogP contribution is 2.32. The van der Waals surface area contributed by atoms with Crippen molar-refractivity contribution >= 4 is 57.3 Å². The fraction of sp³-hybridized carbons (Fsp3) is 0.318. The number of hydrogen-bond acceptors (Lipinski definition) is 9. The first-order chi connectivity index (χ1) is 16.1. The van der Waals surface area contributed by atoms with Gasteiger partial charge in [-0.2, -0.15) is 0 Å². The molecule has 3 N–H and O–H groups in total. The zero-order valence-electron chi connectivity index (χ0n) is 19.9. The van der Waals surface area contributed by atoms with E-state index < -0.39 is 15.9 Å². The van der Waals surface area contributed by atoms with E-state index in [1.54, 1.807) is 25.1 Å². The van der Waals surface area contributed by atoms with Gasteiger partial charge in [-0.05, 0) is 50.6 Å². The molecule has 0 bridgehead atoms. The highest BCUT2D eigenvalue weighted by atomic mass is 32.2. The standard InChI is InChI=1S/C22H30N6O4S2/c1-7-32-27-22(29)17-12-24-21(25-14-33-13-16(3)23-4)11-19(17)26-18-9-8-15(2)10-20(18)28(5)34(6,30)31/h8-13H,4,7,14H2,1-3,5-6H3,(H,27,29)(H2,24,25,26)/b16-13-. The van der Waals surface area contributed by atoms with Gasteiger partial charge in [-0.15, -0.1) is 11.8 Å². The molecule has 0 saturated carbocycles. The summed E-state index contributed by atoms with van der Waals surface area (Å²) in [5, 5.41) is 8.22. The zero-order valence-corrected chi connectivity index (χ0v) is 21.5. The lowest BCUT2D eigenvalue weighted by Gasteiger charge is -2.22. The van der Waals surface area contributed by atoms with Crippen LogP contribution in [-0.4, -0.2) is 51.8 Å². The zero-order chi connectivity index (χ0) is 25.3. The molecule has 1 amide bonds. The van der Waals surface area contributed by atoms with E-state index >= 15 is 0 Å². The van der Waals surface area contributed by atoms with E-state index in [0.717, 1.165) is 17.5 Å². The summed E-state index contributed by atoms with van der Waals surface area (Å²) in [6.07, 6.45) is 2.55. The summed E-state index contributed by atoms with van der Waals surface area (Å²) in [7, 11) is -2.03. The summed E-state index contributed by atoms with van der Waals surface area (Å²) in [6, 6.07) is 7.04. The molecular formula is C22H30N6O4S2. The number of pyridine rings is 1. The van der Waals surface area contributed by atoms with Crippen LogP contribution in [0, 0.1) is 6.92 Å². The van der Waals surface area contributed by atoms with Crippen molar-refractivity contribution in [1.29, 1.82) is 0 Å². The maximum atomic E-state index is 12.7. The number of aromatic nitrogens is 1. The molecule has 12 heteroatoms. The molecule has 1 aromatic carbocycles. The lowest BCUT2D eigenvalue weighted by atomic mass is 10.1. The molecule has 184 valence electrons. The minimum absolute atomic E-state index is 0.229. The Hall–Kier alpha value is -3.09. The fourth-order valence-corrected chi connectivity index (χ4v) is 3.81. The molecule has 0 unspecified atom stereocenters. The number of thioether (sulfide) groups is 1. The van der Waals surface area contributed by atoms with Crippen LogP contribution < -0.4 is 20.4 Å². The second kappa shape index (κ2) is 12.4. The van der Waals surface area contributed by atoms with Crippen LogP contribution in [0.15, 0.2) is 46.6 Å². The van der Waals surface area contributed by atoms with E-state index in [1.165, 1.54) is 29.3 Å². The van der Waals surface area contributed by atoms with Crippen LogP contribution in [0.2, 0.25) is 0 Å². The van der Waals surface area contributed by atoms with Crippen LogP contribution in [0.25, 0.3) is 0 Å². The van der Waals surface area contributed by atoms with Crippen molar-refractivity contribution < 1.29 is 18.0 Å². The topological polar surface area (TPSA) is 125 Å². The quantitative estimate of drug-likeness (QED) is 0.171. The second-order valence-corrected chi connectivity index (χ2v) is 10.1. The molecule has 0 aliphatic carbocycles. The molecule has 0 atom stereocenters. The van der Waals surface area contributed by atoms with Gasteiger partial charge in [0, 0.05) is 25.0 Å². The third kappa shape index (κ3) is 7.75. The van der Waals surface area contributed by atoms with Crippen molar-refractivity contribution in [2.45, 2.75) is 20.8 Å². The molecule has 0 spiro atoms. The maximum absolute atomic E-state index is 12.7. The van der Waals surface area contributed by atoms with E-state index in [2.05, 4.69) is 32.8 Å². The van der Waals surface area contributed by atoms with Crippen LogP contribution in [0.3, 0.4) is 0 Å². The number of carbonyl (C=O) groups excluding carboxylic acids is 1. The van der Waals surface area contributed by atoms with E-state index in [1.807, 2.05) is 25.3 Å². The molecule has 2 rings (SSSR count). The number of sulfonamides is 1. The number of hydrogen-bond donors (Lipinski definition) is 3. The molecule has 0 fully saturated rings. The molecule has 34 heavy (non-hydrogen) atoms. The smallest absolute Gasteiger partial charge is 0.278 e. The van der Waals surface area contributed by atoms with Gasteiger partial charge < -0.3 is 10.6 Å². The van der Waals surface area contributed by atoms with E-state index in [9.17, 15) is 13.2 Å². The summed E-state index contributed by atoms with van der Waals surface area (Å²) >= 11 is 1.48. The molecular weight excluding hydrogens is 476 g/mol. The Morgan fingerprint density at radius 1 is 1.32 bits per heavy atom. The normalized spacial score (nSPS) is 11.6.